The summed E-state index contributed by atoms with van der Waals surface area (Å²) in [5, 5.41) is 12.3. The predicted molar refractivity (Wildman–Crippen MR) is 118 cm³/mol. The summed E-state index contributed by atoms with van der Waals surface area (Å²) in [5.41, 5.74) is 2.08. The molecule has 0 saturated heterocycles. The van der Waals surface area contributed by atoms with Crippen LogP contribution in [0.5, 0.6) is 0 Å². The Balaban J connectivity index is 1.77. The summed E-state index contributed by atoms with van der Waals surface area (Å²) in [4.78, 5) is 11.2. The number of thiophene rings is 1. The van der Waals surface area contributed by atoms with Crippen molar-refractivity contribution in [1.29, 1.82) is 0 Å². The third-order valence-electron chi connectivity index (χ3n) is 4.68. The molecule has 6 nitrogen and oxygen atoms in total. The molecule has 29 heavy (non-hydrogen) atoms. The van der Waals surface area contributed by atoms with Crippen molar-refractivity contribution >= 4 is 44.9 Å². The molecule has 0 aliphatic carbocycles. The minimum atomic E-state index is 0.651. The second-order valence-corrected chi connectivity index (χ2v) is 9.09. The number of methoxy groups -OCH3 is 1. The molecule has 0 bridgehead atoms. The van der Waals surface area contributed by atoms with Crippen LogP contribution in [0.4, 0.5) is 0 Å². The number of fused-ring (bicyclic) bond motifs is 1. The van der Waals surface area contributed by atoms with Gasteiger partial charge in [0.15, 0.2) is 11.0 Å². The normalized spacial score (nSPS) is 11.4. The van der Waals surface area contributed by atoms with E-state index in [1.54, 1.807) is 24.8 Å². The van der Waals surface area contributed by atoms with Crippen LogP contribution in [-0.4, -0.2) is 38.4 Å². The number of hydrogen-bond acceptors (Lipinski definition) is 7. The third-order valence-corrected chi connectivity index (χ3v) is 7.11. The molecule has 0 aliphatic heterocycles. The molecule has 0 saturated carbocycles. The fraction of sp³-hybridized carbons (Fsp3) is 0.300. The van der Waals surface area contributed by atoms with Crippen molar-refractivity contribution in [3.8, 4) is 11.4 Å². The number of halogens is 1. The van der Waals surface area contributed by atoms with Gasteiger partial charge >= 0.3 is 0 Å². The van der Waals surface area contributed by atoms with Crippen LogP contribution in [0.2, 0.25) is 5.02 Å². The van der Waals surface area contributed by atoms with E-state index in [9.17, 15) is 0 Å². The van der Waals surface area contributed by atoms with Gasteiger partial charge in [-0.05, 0) is 49.7 Å². The maximum atomic E-state index is 6.43. The standard InChI is InChI=1S/C20H20ClN5OS2/c1-12-13(2)28-18-16(12)19(23-11-22-18)29-20-25-24-17(26(20)9-6-10-27-3)14-7-4-5-8-15(14)21/h4-5,7-8,11H,6,9-10H2,1-3H3. The van der Waals surface area contributed by atoms with Gasteiger partial charge in [-0.2, -0.15) is 0 Å². The number of rotatable bonds is 7. The van der Waals surface area contributed by atoms with Gasteiger partial charge in [0, 0.05) is 36.1 Å². The zero-order chi connectivity index (χ0) is 20.4. The second-order valence-electron chi connectivity index (χ2n) is 6.53. The highest BCUT2D eigenvalue weighted by Gasteiger charge is 2.20. The second kappa shape index (κ2) is 8.79. The molecule has 9 heteroatoms. The van der Waals surface area contributed by atoms with Crippen LogP contribution in [0.25, 0.3) is 21.6 Å². The number of aryl methyl sites for hydroxylation is 2. The molecule has 3 heterocycles. The summed E-state index contributed by atoms with van der Waals surface area (Å²) in [5.74, 6) is 0.748. The third kappa shape index (κ3) is 4.02. The van der Waals surface area contributed by atoms with Crippen LogP contribution in [0, 0.1) is 13.8 Å². The van der Waals surface area contributed by atoms with Crippen LogP contribution in [0.15, 0.2) is 40.8 Å². The van der Waals surface area contributed by atoms with Crippen LogP contribution >= 0.6 is 34.7 Å². The Morgan fingerprint density at radius 1 is 1.17 bits per heavy atom. The number of hydrogen-bond donors (Lipinski definition) is 0. The Morgan fingerprint density at radius 2 is 2.00 bits per heavy atom. The molecular weight excluding hydrogens is 426 g/mol. The van der Waals surface area contributed by atoms with Gasteiger partial charge in [-0.15, -0.1) is 21.5 Å². The number of nitrogens with zero attached hydrogens (tertiary/aromatic N) is 5. The van der Waals surface area contributed by atoms with Crippen LogP contribution < -0.4 is 0 Å². The minimum Gasteiger partial charge on any atom is -0.385 e. The minimum absolute atomic E-state index is 0.651. The van der Waals surface area contributed by atoms with E-state index in [0.717, 1.165) is 44.8 Å². The van der Waals surface area contributed by atoms with Crippen molar-refractivity contribution in [3.05, 3.63) is 46.1 Å². The van der Waals surface area contributed by atoms with Crippen LogP contribution in [0.1, 0.15) is 16.9 Å². The van der Waals surface area contributed by atoms with E-state index >= 15 is 0 Å². The van der Waals surface area contributed by atoms with E-state index in [2.05, 4.69) is 38.6 Å². The van der Waals surface area contributed by atoms with Gasteiger partial charge in [0.05, 0.1) is 5.02 Å². The van der Waals surface area contributed by atoms with E-state index < -0.39 is 0 Å². The van der Waals surface area contributed by atoms with Gasteiger partial charge in [0.2, 0.25) is 0 Å². The molecule has 0 N–H and O–H groups in total. The summed E-state index contributed by atoms with van der Waals surface area (Å²) in [6, 6.07) is 7.69. The highest BCUT2D eigenvalue weighted by molar-refractivity contribution is 7.99. The maximum absolute atomic E-state index is 6.43. The average molecular weight is 446 g/mol. The SMILES string of the molecule is COCCCn1c(Sc2ncnc3sc(C)c(C)c23)nnc1-c1ccccc1Cl. The molecule has 0 fully saturated rings. The molecule has 0 amide bonds. The van der Waals surface area contributed by atoms with Crippen molar-refractivity contribution in [2.24, 2.45) is 0 Å². The van der Waals surface area contributed by atoms with Gasteiger partial charge in [-0.3, -0.25) is 0 Å². The summed E-state index contributed by atoms with van der Waals surface area (Å²) < 4.78 is 7.33. The fourth-order valence-electron chi connectivity index (χ4n) is 3.09. The van der Waals surface area contributed by atoms with E-state index in [-0.39, 0.29) is 0 Å². The zero-order valence-corrected chi connectivity index (χ0v) is 18.7. The van der Waals surface area contributed by atoms with E-state index in [0.29, 0.717) is 11.6 Å². The first kappa shape index (κ1) is 20.3. The molecule has 0 atom stereocenters. The lowest BCUT2D eigenvalue weighted by atomic mass is 10.2. The molecule has 4 rings (SSSR count). The summed E-state index contributed by atoms with van der Waals surface area (Å²) in [6.07, 6.45) is 2.45. The first-order valence-electron chi connectivity index (χ1n) is 9.15. The van der Waals surface area contributed by atoms with Crippen molar-refractivity contribution in [3.63, 3.8) is 0 Å². The lowest BCUT2D eigenvalue weighted by Gasteiger charge is -2.11. The maximum Gasteiger partial charge on any atom is 0.197 e. The Kier molecular flexibility index (Phi) is 6.15. The van der Waals surface area contributed by atoms with Crippen molar-refractivity contribution in [1.82, 2.24) is 24.7 Å². The number of benzene rings is 1. The van der Waals surface area contributed by atoms with Crippen LogP contribution in [-0.2, 0) is 11.3 Å². The highest BCUT2D eigenvalue weighted by atomic mass is 35.5. The first-order valence-corrected chi connectivity index (χ1v) is 11.2. The average Bonchev–Trinajstić information content (AvgIpc) is 3.24. The van der Waals surface area contributed by atoms with Crippen molar-refractivity contribution in [2.75, 3.05) is 13.7 Å². The van der Waals surface area contributed by atoms with E-state index in [1.807, 2.05) is 24.3 Å². The van der Waals surface area contributed by atoms with E-state index in [1.165, 1.54) is 22.2 Å². The van der Waals surface area contributed by atoms with Gasteiger partial charge in [0.1, 0.15) is 16.2 Å². The zero-order valence-electron chi connectivity index (χ0n) is 16.3. The molecule has 0 unspecified atom stereocenters. The van der Waals surface area contributed by atoms with E-state index in [4.69, 9.17) is 16.3 Å². The smallest absolute Gasteiger partial charge is 0.197 e. The van der Waals surface area contributed by atoms with Crippen molar-refractivity contribution < 1.29 is 4.74 Å². The lowest BCUT2D eigenvalue weighted by Crippen LogP contribution is -2.05. The summed E-state index contributed by atoms with van der Waals surface area (Å²) >= 11 is 9.63. The van der Waals surface area contributed by atoms with Gasteiger partial charge in [0.25, 0.3) is 0 Å². The lowest BCUT2D eigenvalue weighted by molar-refractivity contribution is 0.189. The largest absolute Gasteiger partial charge is 0.385 e. The Hall–Kier alpha value is -2.00. The highest BCUT2D eigenvalue weighted by Crippen LogP contribution is 2.38. The first-order chi connectivity index (χ1) is 14.1. The molecule has 0 spiro atoms. The Bertz CT molecular complexity index is 1160. The Morgan fingerprint density at radius 3 is 2.79 bits per heavy atom. The Labute approximate surface area is 182 Å². The summed E-state index contributed by atoms with van der Waals surface area (Å²) in [7, 11) is 1.70. The van der Waals surface area contributed by atoms with Gasteiger partial charge in [-0.1, -0.05) is 23.7 Å². The molecule has 4 aromatic rings. The number of aromatic nitrogens is 5. The predicted octanol–water partition coefficient (Wildman–Crippen LogP) is 5.41. The topological polar surface area (TPSA) is 65.7 Å². The molecule has 0 radical (unpaired) electrons. The van der Waals surface area contributed by atoms with Crippen LogP contribution in [0.3, 0.4) is 0 Å². The molecule has 150 valence electrons. The molecule has 1 aromatic carbocycles. The summed E-state index contributed by atoms with van der Waals surface area (Å²) in [6.45, 7) is 5.60. The monoisotopic (exact) mass is 445 g/mol. The number of ether oxygens (including phenoxy) is 1. The van der Waals surface area contributed by atoms with Crippen molar-refractivity contribution in [2.45, 2.75) is 37.0 Å². The molecule has 3 aromatic heterocycles. The molecule has 0 aliphatic rings. The fourth-order valence-corrected chi connectivity index (χ4v) is 5.36. The molecular formula is C20H20ClN5OS2. The van der Waals surface area contributed by atoms with Gasteiger partial charge < -0.3 is 9.30 Å². The van der Waals surface area contributed by atoms with Gasteiger partial charge in [-0.25, -0.2) is 9.97 Å². The quantitative estimate of drug-likeness (QED) is 0.280.